The van der Waals surface area contributed by atoms with Crippen molar-refractivity contribution in [3.63, 3.8) is 0 Å². The Morgan fingerprint density at radius 3 is 3.06 bits per heavy atom. The second-order valence-corrected chi connectivity index (χ2v) is 10.6. The first-order valence-electron chi connectivity index (χ1n) is 12.1. The summed E-state index contributed by atoms with van der Waals surface area (Å²) >= 11 is 6.45. The molecule has 0 unspecified atom stereocenters. The van der Waals surface area contributed by atoms with E-state index < -0.39 is 6.04 Å². The molecule has 2 N–H and O–H groups in total. The molecule has 1 aromatic carbocycles. The maximum atomic E-state index is 13.6. The third-order valence-corrected chi connectivity index (χ3v) is 7.34. The van der Waals surface area contributed by atoms with E-state index in [2.05, 4.69) is 38.6 Å². The highest BCUT2D eigenvalue weighted by molar-refractivity contribution is 6.33. The van der Waals surface area contributed by atoms with E-state index in [1.807, 2.05) is 18.3 Å². The van der Waals surface area contributed by atoms with Crippen LogP contribution >= 0.6 is 11.6 Å². The molecule has 182 valence electrons. The molecule has 4 aromatic rings. The van der Waals surface area contributed by atoms with Gasteiger partial charge in [-0.05, 0) is 51.3 Å². The largest absolute Gasteiger partial charge is 0.372 e. The Balaban J connectivity index is 1.30. The van der Waals surface area contributed by atoms with Crippen molar-refractivity contribution in [1.29, 1.82) is 0 Å². The van der Waals surface area contributed by atoms with E-state index in [0.29, 0.717) is 30.4 Å². The fourth-order valence-corrected chi connectivity index (χ4v) is 5.62. The molecular weight excluding hydrogens is 464 g/mol. The van der Waals surface area contributed by atoms with E-state index in [9.17, 15) is 4.79 Å². The van der Waals surface area contributed by atoms with Gasteiger partial charge < -0.3 is 19.6 Å². The summed E-state index contributed by atoms with van der Waals surface area (Å²) in [5.74, 6) is 0.898. The molecule has 0 radical (unpaired) electrons. The van der Waals surface area contributed by atoms with E-state index in [1.54, 1.807) is 18.5 Å². The number of nitrogens with one attached hydrogen (secondary N) is 2. The molecule has 1 saturated heterocycles. The first-order chi connectivity index (χ1) is 16.9. The molecule has 0 bridgehead atoms. The first-order valence-corrected chi connectivity index (χ1v) is 12.5. The summed E-state index contributed by atoms with van der Waals surface area (Å²) in [4.78, 5) is 28.1. The van der Waals surface area contributed by atoms with Crippen LogP contribution in [0.2, 0.25) is 5.02 Å². The number of aromatic nitrogens is 4. The van der Waals surface area contributed by atoms with E-state index in [0.717, 1.165) is 40.6 Å². The van der Waals surface area contributed by atoms with Crippen molar-refractivity contribution < 1.29 is 9.53 Å². The minimum absolute atomic E-state index is 0.119. The third-order valence-electron chi connectivity index (χ3n) is 7.12. The number of hydrogen-bond acceptors (Lipinski definition) is 5. The van der Waals surface area contributed by atoms with Crippen LogP contribution in [0, 0.1) is 0 Å². The fourth-order valence-electron chi connectivity index (χ4n) is 5.40. The molecule has 6 rings (SSSR count). The molecule has 0 saturated carbocycles. The Hall–Kier alpha value is -2.94. The smallest absolute Gasteiger partial charge is 0.244 e. The van der Waals surface area contributed by atoms with Crippen molar-refractivity contribution in [1.82, 2.24) is 24.4 Å². The number of pyridine rings is 1. The highest BCUT2D eigenvalue weighted by Gasteiger charge is 2.38. The zero-order valence-corrected chi connectivity index (χ0v) is 20.7. The zero-order valence-electron chi connectivity index (χ0n) is 20.0. The van der Waals surface area contributed by atoms with Gasteiger partial charge in [-0.15, -0.1) is 0 Å². The summed E-state index contributed by atoms with van der Waals surface area (Å²) in [6, 6.07) is 5.19. The van der Waals surface area contributed by atoms with Gasteiger partial charge >= 0.3 is 0 Å². The number of carbonyl (C=O) groups excluding carboxylic acids is 1. The number of aromatic amines is 1. The van der Waals surface area contributed by atoms with Gasteiger partial charge in [0.25, 0.3) is 0 Å². The zero-order chi connectivity index (χ0) is 24.2. The third kappa shape index (κ3) is 4.20. The van der Waals surface area contributed by atoms with Crippen molar-refractivity contribution in [2.24, 2.45) is 0 Å². The molecule has 3 aromatic heterocycles. The van der Waals surface area contributed by atoms with Gasteiger partial charge in [0.15, 0.2) is 0 Å². The van der Waals surface area contributed by atoms with E-state index >= 15 is 0 Å². The Morgan fingerprint density at radius 2 is 2.17 bits per heavy atom. The molecule has 35 heavy (non-hydrogen) atoms. The molecule has 0 spiro atoms. The Morgan fingerprint density at radius 1 is 1.29 bits per heavy atom. The van der Waals surface area contributed by atoms with Crippen LogP contribution in [0.25, 0.3) is 21.8 Å². The quantitative estimate of drug-likeness (QED) is 0.437. The molecule has 0 aliphatic carbocycles. The molecule has 2 aliphatic heterocycles. The van der Waals surface area contributed by atoms with Crippen LogP contribution in [0.5, 0.6) is 0 Å². The van der Waals surface area contributed by atoms with Crippen LogP contribution in [0.15, 0.2) is 36.8 Å². The number of anilines is 1. The lowest BCUT2D eigenvalue weighted by Gasteiger charge is -2.42. The molecule has 1 fully saturated rings. The Bertz CT molecular complexity index is 1420. The van der Waals surface area contributed by atoms with Crippen molar-refractivity contribution in [3.8, 4) is 0 Å². The predicted molar refractivity (Wildman–Crippen MR) is 137 cm³/mol. The number of benzene rings is 1. The maximum Gasteiger partial charge on any atom is 0.244 e. The van der Waals surface area contributed by atoms with Gasteiger partial charge in [-0.1, -0.05) is 11.6 Å². The Labute approximate surface area is 208 Å². The number of amides is 1. The van der Waals surface area contributed by atoms with Crippen molar-refractivity contribution >= 4 is 45.0 Å². The van der Waals surface area contributed by atoms with Crippen molar-refractivity contribution in [3.05, 3.63) is 53.3 Å². The van der Waals surface area contributed by atoms with Crippen LogP contribution in [-0.4, -0.2) is 55.1 Å². The lowest BCUT2D eigenvalue weighted by molar-refractivity contribution is -0.144. The fraction of sp³-hybridized carbons (Fsp3) is 0.423. The predicted octanol–water partition coefficient (Wildman–Crippen LogP) is 4.52. The lowest BCUT2D eigenvalue weighted by Crippen LogP contribution is -2.57. The molecule has 2 aliphatic rings. The second kappa shape index (κ2) is 8.62. The number of hydrogen-bond donors (Lipinski definition) is 2. The number of imidazole rings is 1. The number of morpholine rings is 1. The molecule has 1 atom stereocenters. The summed E-state index contributed by atoms with van der Waals surface area (Å²) in [7, 11) is 0. The maximum absolute atomic E-state index is 13.6. The standard InChI is InChI=1S/C26H29ClN6O2/c1-26(2)15-32(13-23-29-11-17-5-3-4-8-33(17)23)22(14-35-26)25(34)31-20-10-16(27)9-19-18-6-7-28-12-21(18)30-24(19)20/h6-7,9-12,22,30H,3-5,8,13-15H2,1-2H3,(H,31,34)/t22-/m0/s1. The van der Waals surface area contributed by atoms with Gasteiger partial charge in [-0.2, -0.15) is 0 Å². The van der Waals surface area contributed by atoms with Crippen LogP contribution in [0.4, 0.5) is 5.69 Å². The van der Waals surface area contributed by atoms with Crippen LogP contribution in [0.3, 0.4) is 0 Å². The summed E-state index contributed by atoms with van der Waals surface area (Å²) < 4.78 is 8.41. The molecular formula is C26H29ClN6O2. The first kappa shape index (κ1) is 22.5. The number of carbonyl (C=O) groups is 1. The number of halogens is 1. The normalized spacial score (nSPS) is 20.3. The van der Waals surface area contributed by atoms with E-state index in [4.69, 9.17) is 21.3 Å². The van der Waals surface area contributed by atoms with Crippen LogP contribution in [-0.2, 0) is 29.0 Å². The minimum atomic E-state index is -0.445. The van der Waals surface area contributed by atoms with Crippen LogP contribution in [0.1, 0.15) is 38.2 Å². The average Bonchev–Trinajstić information content (AvgIpc) is 3.40. The number of aryl methyl sites for hydroxylation is 1. The van der Waals surface area contributed by atoms with Gasteiger partial charge in [-0.25, -0.2) is 4.98 Å². The van der Waals surface area contributed by atoms with Gasteiger partial charge in [0.05, 0.1) is 41.7 Å². The SMILES string of the molecule is CC1(C)CN(Cc2ncc3n2CCCC3)[C@H](C(=O)Nc2cc(Cl)cc3c2[nH]c2cnccc23)CO1. The number of H-pyrrole nitrogens is 1. The number of ether oxygens (including phenoxy) is 1. The summed E-state index contributed by atoms with van der Waals surface area (Å²) in [6.07, 6.45) is 8.96. The molecule has 1 amide bonds. The van der Waals surface area contributed by atoms with Gasteiger partial charge in [-0.3, -0.25) is 14.7 Å². The minimum Gasteiger partial charge on any atom is -0.372 e. The van der Waals surface area contributed by atoms with E-state index in [1.165, 1.54) is 18.5 Å². The Kier molecular flexibility index (Phi) is 5.55. The lowest BCUT2D eigenvalue weighted by atomic mass is 10.0. The van der Waals surface area contributed by atoms with Crippen molar-refractivity contribution in [2.75, 3.05) is 18.5 Å². The molecule has 8 nitrogen and oxygen atoms in total. The summed E-state index contributed by atoms with van der Waals surface area (Å²) in [6.45, 7) is 6.67. The van der Waals surface area contributed by atoms with Crippen molar-refractivity contribution in [2.45, 2.75) is 57.8 Å². The number of rotatable bonds is 4. The monoisotopic (exact) mass is 492 g/mol. The number of nitrogens with zero attached hydrogens (tertiary/aromatic N) is 4. The molecule has 9 heteroatoms. The summed E-state index contributed by atoms with van der Waals surface area (Å²) in [5.41, 5.74) is 3.32. The molecule has 5 heterocycles. The topological polar surface area (TPSA) is 88.1 Å². The van der Waals surface area contributed by atoms with Gasteiger partial charge in [0.2, 0.25) is 5.91 Å². The highest BCUT2D eigenvalue weighted by Crippen LogP contribution is 2.34. The number of fused-ring (bicyclic) bond motifs is 4. The van der Waals surface area contributed by atoms with Crippen LogP contribution < -0.4 is 5.32 Å². The average molecular weight is 493 g/mol. The second-order valence-electron chi connectivity index (χ2n) is 10.2. The highest BCUT2D eigenvalue weighted by atomic mass is 35.5. The van der Waals surface area contributed by atoms with Gasteiger partial charge in [0, 0.05) is 47.0 Å². The summed E-state index contributed by atoms with van der Waals surface area (Å²) in [5, 5.41) is 5.66. The van der Waals surface area contributed by atoms with Gasteiger partial charge in [0.1, 0.15) is 11.9 Å². The van der Waals surface area contributed by atoms with E-state index in [-0.39, 0.29) is 11.5 Å².